The Hall–Kier alpha value is -3.65. The maximum absolute atomic E-state index is 13.6. The summed E-state index contributed by atoms with van der Waals surface area (Å²) in [5, 5.41) is 1.51. The molecule has 0 saturated carbocycles. The van der Waals surface area contributed by atoms with Crippen LogP contribution in [0.1, 0.15) is 62.6 Å². The Morgan fingerprint density at radius 2 is 1.95 bits per heavy atom. The molecule has 38 heavy (non-hydrogen) atoms. The minimum absolute atomic E-state index is 0.185. The van der Waals surface area contributed by atoms with Gasteiger partial charge in [0.1, 0.15) is 11.4 Å². The van der Waals surface area contributed by atoms with Gasteiger partial charge in [0.15, 0.2) is 6.10 Å². The first-order valence-corrected chi connectivity index (χ1v) is 12.7. The smallest absolute Gasteiger partial charge is 0.339 e. The molecule has 0 aliphatic carbocycles. The lowest BCUT2D eigenvalue weighted by Crippen LogP contribution is -2.29. The van der Waals surface area contributed by atoms with E-state index in [-0.39, 0.29) is 12.3 Å². The molecule has 3 heterocycles. The first-order valence-electron chi connectivity index (χ1n) is 12.7. The third kappa shape index (κ3) is 4.69. The number of aryl methyl sites for hydroxylation is 1. The van der Waals surface area contributed by atoms with Crippen molar-refractivity contribution in [3.63, 3.8) is 0 Å². The summed E-state index contributed by atoms with van der Waals surface area (Å²) in [6.45, 7) is 9.94. The molecule has 5 rings (SSSR count). The standard InChI is InChI=1S/C30H30F2N2O4/c1-6-36-29(35)27(38-30(3,4)5)23-16(2)15-21-18(7-9-20(34-21)28(31)32)25(23)19-8-10-22-24-17(12-14-37-22)11-13-33-26(19)24/h7-11,13,15,27-28H,6,12,14H2,1-5H3. The Bertz CT molecular complexity index is 1540. The minimum atomic E-state index is -2.71. The van der Waals surface area contributed by atoms with Gasteiger partial charge in [-0.2, -0.15) is 0 Å². The third-order valence-electron chi connectivity index (χ3n) is 6.56. The van der Waals surface area contributed by atoms with Crippen LogP contribution in [-0.4, -0.2) is 34.8 Å². The number of ether oxygens (including phenoxy) is 3. The van der Waals surface area contributed by atoms with Crippen molar-refractivity contribution in [1.29, 1.82) is 0 Å². The van der Waals surface area contributed by atoms with Crippen LogP contribution in [-0.2, 0) is 20.7 Å². The van der Waals surface area contributed by atoms with Gasteiger partial charge >= 0.3 is 5.97 Å². The van der Waals surface area contributed by atoms with Gasteiger partial charge < -0.3 is 14.2 Å². The lowest BCUT2D eigenvalue weighted by atomic mass is 9.86. The Morgan fingerprint density at radius 1 is 1.16 bits per heavy atom. The molecule has 0 N–H and O–H groups in total. The lowest BCUT2D eigenvalue weighted by molar-refractivity contribution is -0.166. The number of carbonyl (C=O) groups is 1. The topological polar surface area (TPSA) is 70.5 Å². The number of fused-ring (bicyclic) bond motifs is 1. The van der Waals surface area contributed by atoms with Crippen molar-refractivity contribution in [2.45, 2.75) is 59.2 Å². The number of carbonyl (C=O) groups excluding carboxylic acids is 1. The van der Waals surface area contributed by atoms with Gasteiger partial charge in [0.2, 0.25) is 0 Å². The zero-order valence-corrected chi connectivity index (χ0v) is 22.1. The first kappa shape index (κ1) is 26.0. The molecule has 0 saturated heterocycles. The Balaban J connectivity index is 1.89. The van der Waals surface area contributed by atoms with Crippen LogP contribution in [0, 0.1) is 6.92 Å². The van der Waals surface area contributed by atoms with E-state index in [0.717, 1.165) is 28.7 Å². The molecule has 1 unspecified atom stereocenters. The van der Waals surface area contributed by atoms with E-state index in [0.29, 0.717) is 39.7 Å². The summed E-state index contributed by atoms with van der Waals surface area (Å²) in [6.07, 6.45) is -1.27. The highest BCUT2D eigenvalue weighted by molar-refractivity contribution is 6.08. The summed E-state index contributed by atoms with van der Waals surface area (Å²) in [7, 11) is 0. The number of alkyl halides is 2. The van der Waals surface area contributed by atoms with Crippen molar-refractivity contribution in [3.05, 3.63) is 65.0 Å². The van der Waals surface area contributed by atoms with Crippen LogP contribution in [0.25, 0.3) is 32.9 Å². The highest BCUT2D eigenvalue weighted by Crippen LogP contribution is 2.45. The van der Waals surface area contributed by atoms with Gasteiger partial charge in [0.05, 0.1) is 29.8 Å². The predicted molar refractivity (Wildman–Crippen MR) is 142 cm³/mol. The summed E-state index contributed by atoms with van der Waals surface area (Å²) >= 11 is 0. The number of nitrogens with zero attached hydrogens (tertiary/aromatic N) is 2. The van der Waals surface area contributed by atoms with Crippen molar-refractivity contribution in [2.75, 3.05) is 13.2 Å². The molecule has 0 fully saturated rings. The number of rotatable bonds is 6. The van der Waals surface area contributed by atoms with Gasteiger partial charge in [-0.25, -0.2) is 18.6 Å². The van der Waals surface area contributed by atoms with E-state index in [1.54, 1.807) is 25.3 Å². The van der Waals surface area contributed by atoms with Gasteiger partial charge in [-0.15, -0.1) is 0 Å². The number of esters is 1. The van der Waals surface area contributed by atoms with Crippen molar-refractivity contribution in [3.8, 4) is 16.9 Å². The van der Waals surface area contributed by atoms with E-state index in [1.165, 1.54) is 6.07 Å². The van der Waals surface area contributed by atoms with E-state index < -0.39 is 24.1 Å². The quantitative estimate of drug-likeness (QED) is 0.254. The number of aromatic nitrogens is 2. The van der Waals surface area contributed by atoms with Crippen LogP contribution in [0.3, 0.4) is 0 Å². The molecule has 0 radical (unpaired) electrons. The fourth-order valence-corrected chi connectivity index (χ4v) is 5.09. The molecule has 0 bridgehead atoms. The zero-order chi connectivity index (χ0) is 27.2. The number of pyridine rings is 2. The maximum atomic E-state index is 13.6. The van der Waals surface area contributed by atoms with E-state index >= 15 is 0 Å². The van der Waals surface area contributed by atoms with Crippen LogP contribution in [0.2, 0.25) is 0 Å². The summed E-state index contributed by atoms with van der Waals surface area (Å²) in [5.74, 6) is 0.213. The number of hydrogen-bond acceptors (Lipinski definition) is 6. The molecular formula is C30H30F2N2O4. The third-order valence-corrected chi connectivity index (χ3v) is 6.56. The highest BCUT2D eigenvalue weighted by atomic mass is 19.3. The van der Waals surface area contributed by atoms with E-state index in [2.05, 4.69) is 4.98 Å². The van der Waals surface area contributed by atoms with Crippen LogP contribution >= 0.6 is 0 Å². The van der Waals surface area contributed by atoms with Crippen molar-refractivity contribution >= 4 is 27.8 Å². The predicted octanol–water partition coefficient (Wildman–Crippen LogP) is 7.05. The van der Waals surface area contributed by atoms with Gasteiger partial charge in [-0.1, -0.05) is 6.07 Å². The molecule has 1 aliphatic heterocycles. The second kappa shape index (κ2) is 9.91. The first-order chi connectivity index (χ1) is 18.1. The summed E-state index contributed by atoms with van der Waals surface area (Å²) in [6, 6.07) is 10.4. The lowest BCUT2D eigenvalue weighted by Gasteiger charge is -2.30. The molecule has 1 aliphatic rings. The molecule has 6 nitrogen and oxygen atoms in total. The Kier molecular flexibility index (Phi) is 6.77. The fourth-order valence-electron chi connectivity index (χ4n) is 5.09. The molecule has 198 valence electrons. The molecule has 0 amide bonds. The van der Waals surface area contributed by atoms with Crippen LogP contribution < -0.4 is 4.74 Å². The van der Waals surface area contributed by atoms with Gasteiger partial charge in [0.25, 0.3) is 6.43 Å². The number of halogens is 2. The largest absolute Gasteiger partial charge is 0.493 e. The van der Waals surface area contributed by atoms with E-state index in [4.69, 9.17) is 19.2 Å². The van der Waals surface area contributed by atoms with Crippen LogP contribution in [0.5, 0.6) is 5.75 Å². The van der Waals surface area contributed by atoms with Crippen molar-refractivity contribution in [2.24, 2.45) is 0 Å². The summed E-state index contributed by atoms with van der Waals surface area (Å²) in [5.41, 5.74) is 3.87. The fraction of sp³-hybridized carbons (Fsp3) is 0.367. The second-order valence-corrected chi connectivity index (χ2v) is 10.4. The SMILES string of the molecule is CCOC(=O)C(OC(C)(C)C)c1c(C)cc2nc(C(F)F)ccc2c1-c1ccc2c3c(ccnc13)CCO2. The van der Waals surface area contributed by atoms with Crippen molar-refractivity contribution < 1.29 is 27.8 Å². The number of benzene rings is 2. The van der Waals surface area contributed by atoms with Gasteiger partial charge in [-0.3, -0.25) is 4.98 Å². The summed E-state index contributed by atoms with van der Waals surface area (Å²) < 4.78 is 44.8. The monoisotopic (exact) mass is 520 g/mol. The molecule has 1 atom stereocenters. The average molecular weight is 521 g/mol. The zero-order valence-electron chi connectivity index (χ0n) is 22.1. The van der Waals surface area contributed by atoms with Crippen molar-refractivity contribution in [1.82, 2.24) is 9.97 Å². The molecule has 2 aromatic carbocycles. The Labute approximate surface area is 219 Å². The van der Waals surface area contributed by atoms with Crippen LogP contribution in [0.4, 0.5) is 8.78 Å². The second-order valence-electron chi connectivity index (χ2n) is 10.4. The Morgan fingerprint density at radius 3 is 2.66 bits per heavy atom. The molecule has 0 spiro atoms. The average Bonchev–Trinajstić information content (AvgIpc) is 2.87. The molecular weight excluding hydrogens is 490 g/mol. The molecule has 2 aromatic heterocycles. The van der Waals surface area contributed by atoms with Crippen LogP contribution in [0.15, 0.2) is 42.6 Å². The highest BCUT2D eigenvalue weighted by Gasteiger charge is 2.34. The van der Waals surface area contributed by atoms with E-state index in [9.17, 15) is 13.6 Å². The van der Waals surface area contributed by atoms with Gasteiger partial charge in [-0.05, 0) is 81.6 Å². The normalized spacial score (nSPS) is 14.1. The number of hydrogen-bond donors (Lipinski definition) is 0. The summed E-state index contributed by atoms with van der Waals surface area (Å²) in [4.78, 5) is 22.4. The van der Waals surface area contributed by atoms with E-state index in [1.807, 2.05) is 45.9 Å². The minimum Gasteiger partial charge on any atom is -0.493 e. The van der Waals surface area contributed by atoms with Gasteiger partial charge in [0, 0.05) is 34.5 Å². The maximum Gasteiger partial charge on any atom is 0.339 e. The molecule has 4 aromatic rings. The molecule has 8 heteroatoms.